The Balaban J connectivity index is 1.29. The number of morpholine rings is 1. The summed E-state index contributed by atoms with van der Waals surface area (Å²) in [5.41, 5.74) is 2.82. The van der Waals surface area contributed by atoms with Crippen LogP contribution in [0.15, 0.2) is 83.8 Å². The first-order valence-electron chi connectivity index (χ1n) is 10.7. The summed E-state index contributed by atoms with van der Waals surface area (Å²) in [6.45, 7) is 0.811. The number of carbonyl (C=O) groups excluding carboxylic acids is 2. The highest BCUT2D eigenvalue weighted by Gasteiger charge is 2.26. The van der Waals surface area contributed by atoms with Gasteiger partial charge in [-0.2, -0.15) is 4.31 Å². The number of ether oxygens (including phenoxy) is 2. The van der Waals surface area contributed by atoms with E-state index < -0.39 is 28.5 Å². The molecule has 0 spiro atoms. The standard InChI is InChI=1S/C25H24N2O6S/c28-24(26-22-10-6-20(7-11-22)19-4-2-1-3-5-19)18-33-25(29)21-8-12-23(13-9-21)34(30,31)27-14-16-32-17-15-27/h1-13H,14-18H2,(H,26,28). The third kappa shape index (κ3) is 5.69. The topological polar surface area (TPSA) is 102 Å². The molecule has 1 heterocycles. The van der Waals surface area contributed by atoms with Gasteiger partial charge in [-0.1, -0.05) is 42.5 Å². The van der Waals surface area contributed by atoms with Crippen molar-refractivity contribution in [3.05, 3.63) is 84.4 Å². The molecule has 1 saturated heterocycles. The minimum absolute atomic E-state index is 0.0858. The fourth-order valence-electron chi connectivity index (χ4n) is 3.49. The Hall–Kier alpha value is -3.53. The highest BCUT2D eigenvalue weighted by Crippen LogP contribution is 2.21. The zero-order valence-electron chi connectivity index (χ0n) is 18.3. The van der Waals surface area contributed by atoms with Gasteiger partial charge in [0.1, 0.15) is 0 Å². The quantitative estimate of drug-likeness (QED) is 0.521. The molecule has 0 aliphatic carbocycles. The molecule has 1 amide bonds. The van der Waals surface area contributed by atoms with Crippen LogP contribution < -0.4 is 5.32 Å². The summed E-state index contributed by atoms with van der Waals surface area (Å²) in [5, 5.41) is 2.68. The van der Waals surface area contributed by atoms with Gasteiger partial charge in [0.25, 0.3) is 5.91 Å². The van der Waals surface area contributed by atoms with E-state index in [1.54, 1.807) is 12.1 Å². The van der Waals surface area contributed by atoms with Gasteiger partial charge in [0.05, 0.1) is 23.7 Å². The van der Waals surface area contributed by atoms with Gasteiger partial charge >= 0.3 is 5.97 Å². The molecule has 1 N–H and O–H groups in total. The van der Waals surface area contributed by atoms with Crippen LogP contribution >= 0.6 is 0 Å². The fraction of sp³-hybridized carbons (Fsp3) is 0.200. The van der Waals surface area contributed by atoms with Gasteiger partial charge in [-0.05, 0) is 47.5 Å². The second kappa shape index (κ2) is 10.6. The molecule has 4 rings (SSSR count). The summed E-state index contributed by atoms with van der Waals surface area (Å²) >= 11 is 0. The summed E-state index contributed by atoms with van der Waals surface area (Å²) in [5.74, 6) is -1.20. The fourth-order valence-corrected chi connectivity index (χ4v) is 4.90. The number of anilines is 1. The molecule has 0 radical (unpaired) electrons. The summed E-state index contributed by atoms with van der Waals surface area (Å²) in [6, 6.07) is 22.6. The lowest BCUT2D eigenvalue weighted by Crippen LogP contribution is -2.40. The van der Waals surface area contributed by atoms with Crippen molar-refractivity contribution in [2.75, 3.05) is 38.2 Å². The van der Waals surface area contributed by atoms with Crippen LogP contribution in [0.1, 0.15) is 10.4 Å². The van der Waals surface area contributed by atoms with Crippen LogP contribution in [-0.4, -0.2) is 57.5 Å². The van der Waals surface area contributed by atoms with Crippen LogP contribution in [0.3, 0.4) is 0 Å². The highest BCUT2D eigenvalue weighted by atomic mass is 32.2. The molecule has 0 saturated carbocycles. The normalized spacial score (nSPS) is 14.4. The number of hydrogen-bond acceptors (Lipinski definition) is 6. The molecule has 34 heavy (non-hydrogen) atoms. The average Bonchev–Trinajstić information content (AvgIpc) is 2.89. The number of esters is 1. The van der Waals surface area contributed by atoms with Gasteiger partial charge in [0.2, 0.25) is 10.0 Å². The summed E-state index contributed by atoms with van der Waals surface area (Å²) in [4.78, 5) is 24.6. The number of sulfonamides is 1. The molecule has 0 aromatic heterocycles. The molecule has 0 bridgehead atoms. The van der Waals surface area contributed by atoms with Crippen LogP contribution in [0.5, 0.6) is 0 Å². The Kier molecular flexibility index (Phi) is 7.36. The Morgan fingerprint density at radius 2 is 1.47 bits per heavy atom. The highest BCUT2D eigenvalue weighted by molar-refractivity contribution is 7.89. The zero-order chi connectivity index (χ0) is 24.0. The van der Waals surface area contributed by atoms with Crippen molar-refractivity contribution in [1.82, 2.24) is 4.31 Å². The van der Waals surface area contributed by atoms with E-state index in [4.69, 9.17) is 9.47 Å². The van der Waals surface area contributed by atoms with Crippen molar-refractivity contribution < 1.29 is 27.5 Å². The molecule has 1 fully saturated rings. The second-order valence-corrected chi connectivity index (χ2v) is 9.55. The number of nitrogens with one attached hydrogen (secondary N) is 1. The maximum absolute atomic E-state index is 12.7. The van der Waals surface area contributed by atoms with E-state index in [1.807, 2.05) is 42.5 Å². The molecule has 3 aromatic carbocycles. The van der Waals surface area contributed by atoms with Crippen molar-refractivity contribution in [3.63, 3.8) is 0 Å². The third-order valence-electron chi connectivity index (χ3n) is 5.31. The van der Waals surface area contributed by atoms with Gasteiger partial charge in [-0.3, -0.25) is 4.79 Å². The molecular formula is C25H24N2O6S. The van der Waals surface area contributed by atoms with Gasteiger partial charge < -0.3 is 14.8 Å². The van der Waals surface area contributed by atoms with Crippen LogP contribution in [0.25, 0.3) is 11.1 Å². The maximum atomic E-state index is 12.7. The molecule has 0 atom stereocenters. The minimum atomic E-state index is -3.65. The Labute approximate surface area is 198 Å². The van der Waals surface area contributed by atoms with Crippen molar-refractivity contribution in [3.8, 4) is 11.1 Å². The van der Waals surface area contributed by atoms with Gasteiger partial charge in [-0.15, -0.1) is 0 Å². The van der Waals surface area contributed by atoms with E-state index in [0.717, 1.165) is 11.1 Å². The van der Waals surface area contributed by atoms with Gasteiger partial charge in [0.15, 0.2) is 6.61 Å². The van der Waals surface area contributed by atoms with Crippen LogP contribution in [0.2, 0.25) is 0 Å². The van der Waals surface area contributed by atoms with E-state index in [1.165, 1.54) is 28.6 Å². The predicted octanol–water partition coefficient (Wildman–Crippen LogP) is 3.17. The molecular weight excluding hydrogens is 456 g/mol. The first-order valence-corrected chi connectivity index (χ1v) is 12.2. The zero-order valence-corrected chi connectivity index (χ0v) is 19.2. The number of benzene rings is 3. The Morgan fingerprint density at radius 1 is 0.853 bits per heavy atom. The SMILES string of the molecule is O=C(COC(=O)c1ccc(S(=O)(=O)N2CCOCC2)cc1)Nc1ccc(-c2ccccc2)cc1. The molecule has 1 aliphatic heterocycles. The van der Waals surface area contributed by atoms with Crippen LogP contribution in [-0.2, 0) is 24.3 Å². The maximum Gasteiger partial charge on any atom is 0.338 e. The van der Waals surface area contributed by atoms with Gasteiger partial charge in [0, 0.05) is 18.8 Å². The largest absolute Gasteiger partial charge is 0.452 e. The first kappa shape index (κ1) is 23.6. The predicted molar refractivity (Wildman–Crippen MR) is 127 cm³/mol. The molecule has 176 valence electrons. The lowest BCUT2D eigenvalue weighted by molar-refractivity contribution is -0.119. The Morgan fingerprint density at radius 3 is 2.12 bits per heavy atom. The average molecular weight is 481 g/mol. The van der Waals surface area contributed by atoms with Crippen molar-refractivity contribution in [2.24, 2.45) is 0 Å². The third-order valence-corrected chi connectivity index (χ3v) is 7.22. The smallest absolute Gasteiger partial charge is 0.338 e. The van der Waals surface area contributed by atoms with Crippen LogP contribution in [0, 0.1) is 0 Å². The summed E-state index contributed by atoms with van der Waals surface area (Å²) < 4.78 is 36.9. The minimum Gasteiger partial charge on any atom is -0.452 e. The van der Waals surface area contributed by atoms with E-state index in [9.17, 15) is 18.0 Å². The van der Waals surface area contributed by atoms with Crippen molar-refractivity contribution in [1.29, 1.82) is 0 Å². The monoisotopic (exact) mass is 480 g/mol. The lowest BCUT2D eigenvalue weighted by atomic mass is 10.1. The van der Waals surface area contributed by atoms with E-state index in [2.05, 4.69) is 5.32 Å². The van der Waals surface area contributed by atoms with E-state index in [0.29, 0.717) is 18.9 Å². The lowest BCUT2D eigenvalue weighted by Gasteiger charge is -2.26. The molecule has 0 unspecified atom stereocenters. The number of amides is 1. The summed E-state index contributed by atoms with van der Waals surface area (Å²) in [6.07, 6.45) is 0. The number of hydrogen-bond donors (Lipinski definition) is 1. The van der Waals surface area contributed by atoms with E-state index >= 15 is 0 Å². The Bertz CT molecular complexity index is 1240. The van der Waals surface area contributed by atoms with Crippen molar-refractivity contribution in [2.45, 2.75) is 4.90 Å². The summed E-state index contributed by atoms with van der Waals surface area (Å²) in [7, 11) is -3.65. The van der Waals surface area contributed by atoms with Gasteiger partial charge in [-0.25, -0.2) is 13.2 Å². The number of rotatable bonds is 7. The first-order chi connectivity index (χ1) is 16.4. The van der Waals surface area contributed by atoms with Crippen LogP contribution in [0.4, 0.5) is 5.69 Å². The molecule has 1 aliphatic rings. The molecule has 3 aromatic rings. The number of carbonyl (C=O) groups is 2. The molecule has 8 nitrogen and oxygen atoms in total. The number of nitrogens with zero attached hydrogens (tertiary/aromatic N) is 1. The van der Waals surface area contributed by atoms with Crippen molar-refractivity contribution >= 4 is 27.6 Å². The van der Waals surface area contributed by atoms with E-state index in [-0.39, 0.29) is 23.5 Å². The molecule has 9 heteroatoms. The second-order valence-electron chi connectivity index (χ2n) is 7.61.